The van der Waals surface area contributed by atoms with Gasteiger partial charge < -0.3 is 19.3 Å². The van der Waals surface area contributed by atoms with Crippen molar-refractivity contribution in [1.82, 2.24) is 9.80 Å². The van der Waals surface area contributed by atoms with Gasteiger partial charge in [0, 0.05) is 35.1 Å². The Morgan fingerprint density at radius 1 is 0.540 bits per heavy atom. The number of rotatable bonds is 21. The zero-order chi connectivity index (χ0) is 35.6. The van der Waals surface area contributed by atoms with Gasteiger partial charge >= 0.3 is 0 Å². The number of nitrogens with zero attached hydrogens (tertiary/aromatic N) is 2. The van der Waals surface area contributed by atoms with Crippen molar-refractivity contribution in [3.05, 3.63) is 128 Å². The zero-order valence-corrected chi connectivity index (χ0v) is 32.6. The quantitative estimate of drug-likeness (QED) is 0.0787. The zero-order valence-electron chi connectivity index (χ0n) is 29.4. The van der Waals surface area contributed by atoms with Crippen molar-refractivity contribution in [2.45, 2.75) is 78.3 Å². The molecule has 4 aromatic carbocycles. The van der Waals surface area contributed by atoms with Crippen LogP contribution in [0.5, 0.6) is 11.5 Å². The van der Waals surface area contributed by atoms with Gasteiger partial charge in [-0.2, -0.15) is 0 Å². The second-order valence-corrected chi connectivity index (χ2v) is 14.4. The van der Waals surface area contributed by atoms with E-state index in [-0.39, 0.29) is 11.8 Å². The monoisotopic (exact) mass is 804 g/mol. The first kappa shape index (κ1) is 39.2. The summed E-state index contributed by atoms with van der Waals surface area (Å²) in [6, 6.07) is 31.1. The molecule has 0 heterocycles. The first-order valence-corrected chi connectivity index (χ1v) is 19.5. The first-order valence-electron chi connectivity index (χ1n) is 17.9. The van der Waals surface area contributed by atoms with E-state index in [1.165, 1.54) is 0 Å². The predicted octanol–water partition coefficient (Wildman–Crippen LogP) is 11.1. The normalized spacial score (nSPS) is 10.9. The van der Waals surface area contributed by atoms with Gasteiger partial charge in [-0.3, -0.25) is 9.59 Å². The second kappa shape index (κ2) is 21.6. The molecule has 0 spiro atoms. The van der Waals surface area contributed by atoms with E-state index in [1.807, 2.05) is 107 Å². The fraction of sp³-hybridized carbons (Fsp3) is 0.381. The summed E-state index contributed by atoms with van der Waals surface area (Å²) in [6.45, 7) is 6.88. The Balaban J connectivity index is 1.62. The predicted molar refractivity (Wildman–Crippen MR) is 210 cm³/mol. The Bertz CT molecular complexity index is 1500. The van der Waals surface area contributed by atoms with Crippen molar-refractivity contribution < 1.29 is 19.1 Å². The van der Waals surface area contributed by atoms with Gasteiger partial charge in [0.05, 0.1) is 24.3 Å². The first-order chi connectivity index (χ1) is 24.4. The highest BCUT2D eigenvalue weighted by molar-refractivity contribution is 9.10. The molecule has 0 N–H and O–H groups in total. The van der Waals surface area contributed by atoms with Gasteiger partial charge in [0.25, 0.3) is 11.8 Å². The second-order valence-electron chi connectivity index (χ2n) is 12.5. The third-order valence-corrected chi connectivity index (χ3v) is 9.49. The van der Waals surface area contributed by atoms with Crippen LogP contribution < -0.4 is 9.47 Å². The summed E-state index contributed by atoms with van der Waals surface area (Å²) in [5.41, 5.74) is 3.00. The van der Waals surface area contributed by atoms with Crippen molar-refractivity contribution in [2.24, 2.45) is 0 Å². The van der Waals surface area contributed by atoms with Crippen molar-refractivity contribution in [1.29, 1.82) is 0 Å². The minimum Gasteiger partial charge on any atom is -0.493 e. The van der Waals surface area contributed by atoms with Crippen LogP contribution >= 0.6 is 31.9 Å². The fourth-order valence-corrected chi connectivity index (χ4v) is 6.43. The number of benzene rings is 4. The Morgan fingerprint density at radius 2 is 0.940 bits per heavy atom. The van der Waals surface area contributed by atoms with E-state index in [9.17, 15) is 9.59 Å². The number of hydrogen-bond donors (Lipinski definition) is 0. The van der Waals surface area contributed by atoms with E-state index in [1.54, 1.807) is 0 Å². The summed E-state index contributed by atoms with van der Waals surface area (Å²) in [7, 11) is 0. The van der Waals surface area contributed by atoms with Crippen molar-refractivity contribution in [2.75, 3.05) is 26.3 Å². The third-order valence-electron chi connectivity index (χ3n) is 8.50. The van der Waals surface area contributed by atoms with Crippen LogP contribution in [-0.2, 0) is 13.1 Å². The Hall–Kier alpha value is -3.62. The molecule has 0 bridgehead atoms. The van der Waals surface area contributed by atoms with Gasteiger partial charge in [-0.25, -0.2) is 0 Å². The molecule has 266 valence electrons. The van der Waals surface area contributed by atoms with Gasteiger partial charge in [-0.1, -0.05) is 145 Å². The topological polar surface area (TPSA) is 59.1 Å². The highest BCUT2D eigenvalue weighted by Gasteiger charge is 2.25. The molecule has 0 aliphatic heterocycles. The standard InChI is InChI=1S/C42H50Br2N2O4/c1-3-5-7-15-27-49-39-23-21-35(43)29-37(39)41(47)45(31-33-17-11-9-12-18-33)25-26-46(32-34-19-13-10-14-20-34)42(48)38-30-36(44)22-24-40(38)50-28-16-8-6-4-2/h9-14,17-24,29-30H,3-8,15-16,25-28,31-32H2,1-2H3. The van der Waals surface area contributed by atoms with E-state index in [2.05, 4.69) is 45.7 Å². The molecule has 50 heavy (non-hydrogen) atoms. The smallest absolute Gasteiger partial charge is 0.258 e. The van der Waals surface area contributed by atoms with Gasteiger partial charge in [-0.05, 0) is 60.4 Å². The van der Waals surface area contributed by atoms with E-state index in [0.717, 1.165) is 71.4 Å². The molecule has 0 aliphatic rings. The average molecular weight is 807 g/mol. The lowest BCUT2D eigenvalue weighted by molar-refractivity contribution is 0.0639. The van der Waals surface area contributed by atoms with E-state index < -0.39 is 0 Å². The largest absolute Gasteiger partial charge is 0.493 e. The lowest BCUT2D eigenvalue weighted by Crippen LogP contribution is -2.41. The number of carbonyl (C=O) groups is 2. The lowest BCUT2D eigenvalue weighted by Gasteiger charge is -2.29. The molecule has 0 atom stereocenters. The number of ether oxygens (including phenoxy) is 2. The molecule has 2 amide bonds. The van der Waals surface area contributed by atoms with Crippen LogP contribution in [0.1, 0.15) is 97.1 Å². The minimum absolute atomic E-state index is 0.149. The lowest BCUT2D eigenvalue weighted by atomic mass is 10.1. The molecule has 0 fully saturated rings. The van der Waals surface area contributed by atoms with E-state index >= 15 is 0 Å². The fourth-order valence-electron chi connectivity index (χ4n) is 5.71. The average Bonchev–Trinajstić information content (AvgIpc) is 3.13. The van der Waals surface area contributed by atoms with Gasteiger partial charge in [0.1, 0.15) is 11.5 Å². The minimum atomic E-state index is -0.149. The molecular formula is C42H50Br2N2O4. The number of hydrogen-bond acceptors (Lipinski definition) is 4. The molecular weight excluding hydrogens is 756 g/mol. The Labute approximate surface area is 315 Å². The molecule has 4 aromatic rings. The van der Waals surface area contributed by atoms with Gasteiger partial charge in [0.15, 0.2) is 0 Å². The maximum absolute atomic E-state index is 14.5. The van der Waals surface area contributed by atoms with Crippen LogP contribution in [0.15, 0.2) is 106 Å². The molecule has 4 rings (SSSR count). The highest BCUT2D eigenvalue weighted by Crippen LogP contribution is 2.28. The summed E-state index contributed by atoms with van der Waals surface area (Å²) in [5.74, 6) is 0.841. The van der Waals surface area contributed by atoms with E-state index in [0.29, 0.717) is 62.0 Å². The summed E-state index contributed by atoms with van der Waals surface area (Å²) in [6.07, 6.45) is 8.65. The SMILES string of the molecule is CCCCCCOc1ccc(Br)cc1C(=O)N(CCN(Cc1ccccc1)C(=O)c1cc(Br)ccc1OCCCCCC)Cc1ccccc1. The molecule has 0 saturated carbocycles. The van der Waals surface area contributed by atoms with Crippen LogP contribution in [-0.4, -0.2) is 47.9 Å². The summed E-state index contributed by atoms with van der Waals surface area (Å²) in [4.78, 5) is 32.5. The number of carbonyl (C=O) groups excluding carboxylic acids is 2. The molecule has 6 nitrogen and oxygen atoms in total. The summed E-state index contributed by atoms with van der Waals surface area (Å²) >= 11 is 7.15. The highest BCUT2D eigenvalue weighted by atomic mass is 79.9. The molecule has 0 saturated heterocycles. The van der Waals surface area contributed by atoms with Crippen LogP contribution in [0.4, 0.5) is 0 Å². The molecule has 0 aliphatic carbocycles. The molecule has 0 unspecified atom stereocenters. The van der Waals surface area contributed by atoms with Gasteiger partial charge in [0.2, 0.25) is 0 Å². The Morgan fingerprint density at radius 3 is 1.32 bits per heavy atom. The Kier molecular flexibility index (Phi) is 16.9. The third kappa shape index (κ3) is 12.6. The van der Waals surface area contributed by atoms with Crippen LogP contribution in [0, 0.1) is 0 Å². The molecule has 0 radical (unpaired) electrons. The van der Waals surface area contributed by atoms with Crippen LogP contribution in [0.2, 0.25) is 0 Å². The van der Waals surface area contributed by atoms with Crippen molar-refractivity contribution in [3.63, 3.8) is 0 Å². The van der Waals surface area contributed by atoms with Crippen molar-refractivity contribution in [3.8, 4) is 11.5 Å². The maximum atomic E-state index is 14.5. The number of halogens is 2. The van der Waals surface area contributed by atoms with Crippen LogP contribution in [0.3, 0.4) is 0 Å². The van der Waals surface area contributed by atoms with Crippen LogP contribution in [0.25, 0.3) is 0 Å². The van der Waals surface area contributed by atoms with Crippen molar-refractivity contribution >= 4 is 43.7 Å². The van der Waals surface area contributed by atoms with Gasteiger partial charge in [-0.15, -0.1) is 0 Å². The summed E-state index contributed by atoms with van der Waals surface area (Å²) in [5, 5.41) is 0. The molecule has 0 aromatic heterocycles. The van der Waals surface area contributed by atoms with E-state index in [4.69, 9.17) is 9.47 Å². The number of unbranched alkanes of at least 4 members (excludes halogenated alkanes) is 6. The number of amides is 2. The molecule has 8 heteroatoms. The maximum Gasteiger partial charge on any atom is 0.258 e. The summed E-state index contributed by atoms with van der Waals surface area (Å²) < 4.78 is 14.0.